The topological polar surface area (TPSA) is 26.3 Å². The molecule has 1 aromatic carbocycles. The van der Waals surface area contributed by atoms with Crippen molar-refractivity contribution in [2.75, 3.05) is 0 Å². The normalized spacial score (nSPS) is 14.4. The zero-order valence-corrected chi connectivity index (χ0v) is 9.97. The zero-order chi connectivity index (χ0) is 14.0. The summed E-state index contributed by atoms with van der Waals surface area (Å²) >= 11 is 5.58. The van der Waals surface area contributed by atoms with E-state index in [1.807, 2.05) is 0 Å². The molecule has 18 heavy (non-hydrogen) atoms. The number of benzene rings is 1. The molecule has 0 aliphatic rings. The Kier molecular flexibility index (Phi) is 3.92. The third kappa shape index (κ3) is 2.59. The van der Waals surface area contributed by atoms with Gasteiger partial charge in [-0.1, -0.05) is 23.7 Å². The van der Waals surface area contributed by atoms with Crippen LogP contribution in [0.3, 0.4) is 0 Å². The number of esters is 1. The van der Waals surface area contributed by atoms with Crippen molar-refractivity contribution < 1.29 is 22.7 Å². The van der Waals surface area contributed by atoms with Crippen LogP contribution < -0.4 is 0 Å². The lowest BCUT2D eigenvalue weighted by atomic mass is 9.93. The quantitative estimate of drug-likeness (QED) is 0.612. The number of hydrogen-bond donors (Lipinski definition) is 0. The largest absolute Gasteiger partial charge is 0.445 e. The van der Waals surface area contributed by atoms with Crippen molar-refractivity contribution in [1.82, 2.24) is 0 Å². The van der Waals surface area contributed by atoms with Gasteiger partial charge in [-0.15, -0.1) is 6.42 Å². The lowest BCUT2D eigenvalue weighted by Gasteiger charge is -2.30. The van der Waals surface area contributed by atoms with Gasteiger partial charge in [-0.2, -0.15) is 13.2 Å². The lowest BCUT2D eigenvalue weighted by molar-refractivity contribution is -0.252. The minimum Gasteiger partial charge on any atom is -0.432 e. The van der Waals surface area contributed by atoms with Gasteiger partial charge >= 0.3 is 12.1 Å². The number of carbonyl (C=O) groups excluding carboxylic acids is 1. The summed E-state index contributed by atoms with van der Waals surface area (Å²) in [7, 11) is 0. The van der Waals surface area contributed by atoms with Crippen LogP contribution in [0.5, 0.6) is 0 Å². The van der Waals surface area contributed by atoms with Crippen molar-refractivity contribution in [1.29, 1.82) is 0 Å². The number of halogens is 4. The molecule has 0 saturated carbocycles. The number of carbonyl (C=O) groups is 1. The van der Waals surface area contributed by atoms with Gasteiger partial charge in [0.25, 0.3) is 5.60 Å². The van der Waals surface area contributed by atoms with Crippen LogP contribution in [0, 0.1) is 12.3 Å². The number of terminal acetylenes is 1. The molecular weight excluding hydrogens is 269 g/mol. The van der Waals surface area contributed by atoms with Crippen LogP contribution in [0.15, 0.2) is 24.3 Å². The van der Waals surface area contributed by atoms with Gasteiger partial charge < -0.3 is 4.74 Å². The van der Waals surface area contributed by atoms with Gasteiger partial charge in [0.2, 0.25) is 0 Å². The van der Waals surface area contributed by atoms with Crippen molar-refractivity contribution in [3.63, 3.8) is 0 Å². The Morgan fingerprint density at radius 3 is 2.17 bits per heavy atom. The van der Waals surface area contributed by atoms with Crippen LogP contribution in [0.4, 0.5) is 13.2 Å². The van der Waals surface area contributed by atoms with Crippen LogP contribution >= 0.6 is 11.6 Å². The molecule has 0 radical (unpaired) electrons. The molecule has 0 N–H and O–H groups in total. The Morgan fingerprint density at radius 2 is 1.83 bits per heavy atom. The maximum atomic E-state index is 13.1. The first-order valence-corrected chi connectivity index (χ1v) is 5.11. The van der Waals surface area contributed by atoms with Crippen LogP contribution in [-0.2, 0) is 15.1 Å². The van der Waals surface area contributed by atoms with Crippen molar-refractivity contribution in [2.24, 2.45) is 0 Å². The van der Waals surface area contributed by atoms with E-state index in [0.29, 0.717) is 0 Å². The molecule has 0 unspecified atom stereocenters. The highest BCUT2D eigenvalue weighted by atomic mass is 35.5. The molecule has 0 fully saturated rings. The summed E-state index contributed by atoms with van der Waals surface area (Å²) in [6, 6.07) is 4.60. The first-order chi connectivity index (χ1) is 8.23. The van der Waals surface area contributed by atoms with E-state index in [-0.39, 0.29) is 10.6 Å². The molecule has 0 amide bonds. The fourth-order valence-corrected chi connectivity index (χ4v) is 1.50. The zero-order valence-electron chi connectivity index (χ0n) is 9.22. The van der Waals surface area contributed by atoms with Gasteiger partial charge in [0, 0.05) is 17.5 Å². The predicted octanol–water partition coefficient (Wildman–Crippen LogP) is 3.29. The molecular formula is C12H8ClF3O2. The van der Waals surface area contributed by atoms with Crippen LogP contribution in [0.25, 0.3) is 0 Å². The van der Waals surface area contributed by atoms with E-state index < -0.39 is 17.7 Å². The molecule has 1 atom stereocenters. The maximum absolute atomic E-state index is 13.1. The van der Waals surface area contributed by atoms with E-state index in [9.17, 15) is 18.0 Å². The number of rotatable bonds is 2. The minimum atomic E-state index is -4.93. The summed E-state index contributed by atoms with van der Waals surface area (Å²) in [5.74, 6) is 0.387. The van der Waals surface area contributed by atoms with E-state index in [4.69, 9.17) is 18.0 Å². The molecule has 0 aliphatic heterocycles. The Balaban J connectivity index is 3.41. The fraction of sp³-hybridized carbons (Fsp3) is 0.250. The summed E-state index contributed by atoms with van der Waals surface area (Å²) in [5, 5.41) is 0.245. The van der Waals surface area contributed by atoms with Crippen LogP contribution in [-0.4, -0.2) is 12.1 Å². The van der Waals surface area contributed by atoms with E-state index in [0.717, 1.165) is 19.1 Å². The average Bonchev–Trinajstić information content (AvgIpc) is 2.25. The van der Waals surface area contributed by atoms with Crippen molar-refractivity contribution in [3.8, 4) is 12.3 Å². The summed E-state index contributed by atoms with van der Waals surface area (Å²) in [6.45, 7) is 0.855. The molecule has 0 aromatic heterocycles. The maximum Gasteiger partial charge on any atom is 0.445 e. The molecule has 0 aliphatic carbocycles. The third-order valence-electron chi connectivity index (χ3n) is 2.15. The van der Waals surface area contributed by atoms with E-state index in [1.54, 1.807) is 0 Å². The molecule has 1 aromatic rings. The number of ether oxygens (including phenoxy) is 1. The van der Waals surface area contributed by atoms with Gasteiger partial charge in [0.15, 0.2) is 0 Å². The molecule has 1 rings (SSSR count). The summed E-state index contributed by atoms with van der Waals surface area (Å²) in [6.07, 6.45) is 0.00275. The minimum absolute atomic E-state index is 0.245. The summed E-state index contributed by atoms with van der Waals surface area (Å²) < 4.78 is 43.5. The Morgan fingerprint density at radius 1 is 1.33 bits per heavy atom. The third-order valence-corrected chi connectivity index (χ3v) is 2.40. The monoisotopic (exact) mass is 276 g/mol. The van der Waals surface area contributed by atoms with E-state index in [1.165, 1.54) is 18.1 Å². The fourth-order valence-electron chi connectivity index (χ4n) is 1.38. The van der Waals surface area contributed by atoms with Gasteiger partial charge in [0.1, 0.15) is 0 Å². The smallest absolute Gasteiger partial charge is 0.432 e. The molecule has 0 heterocycles. The predicted molar refractivity (Wildman–Crippen MR) is 59.8 cm³/mol. The van der Waals surface area contributed by atoms with Gasteiger partial charge in [-0.25, -0.2) is 0 Å². The van der Waals surface area contributed by atoms with Gasteiger partial charge in [-0.05, 0) is 18.1 Å². The van der Waals surface area contributed by atoms with Crippen LogP contribution in [0.2, 0.25) is 5.02 Å². The summed E-state index contributed by atoms with van der Waals surface area (Å²) in [4.78, 5) is 10.9. The highest BCUT2D eigenvalue weighted by Gasteiger charge is 2.58. The molecule has 2 nitrogen and oxygen atoms in total. The van der Waals surface area contributed by atoms with Crippen molar-refractivity contribution in [2.45, 2.75) is 18.7 Å². The second kappa shape index (κ2) is 4.91. The lowest BCUT2D eigenvalue weighted by Crippen LogP contribution is -2.44. The molecule has 0 spiro atoms. The van der Waals surface area contributed by atoms with Crippen LogP contribution in [0.1, 0.15) is 12.5 Å². The number of hydrogen-bond acceptors (Lipinski definition) is 2. The van der Waals surface area contributed by atoms with Gasteiger partial charge in [-0.3, -0.25) is 4.79 Å². The first kappa shape index (κ1) is 14.4. The number of alkyl halides is 3. The average molecular weight is 277 g/mol. The molecule has 6 heteroatoms. The highest BCUT2D eigenvalue weighted by molar-refractivity contribution is 6.30. The van der Waals surface area contributed by atoms with Crippen molar-refractivity contribution >= 4 is 17.6 Å². The molecule has 0 bridgehead atoms. The first-order valence-electron chi connectivity index (χ1n) is 4.73. The van der Waals surface area contributed by atoms with Gasteiger partial charge in [0.05, 0.1) is 0 Å². The van der Waals surface area contributed by atoms with E-state index in [2.05, 4.69) is 4.74 Å². The Labute approximate surface area is 107 Å². The van der Waals surface area contributed by atoms with E-state index >= 15 is 0 Å². The highest BCUT2D eigenvalue weighted by Crippen LogP contribution is 2.42. The van der Waals surface area contributed by atoms with Crippen molar-refractivity contribution in [3.05, 3.63) is 34.9 Å². The second-order valence-corrected chi connectivity index (χ2v) is 3.86. The molecule has 0 saturated heterocycles. The SMILES string of the molecule is C#C[C@](OC(C)=O)(c1ccc(Cl)cc1)C(F)(F)F. The summed E-state index contributed by atoms with van der Waals surface area (Å²) in [5.41, 5.74) is -3.47. The second-order valence-electron chi connectivity index (χ2n) is 3.42. The Hall–Kier alpha value is -1.67. The molecule has 96 valence electrons. The standard InChI is InChI=1S/C12H8ClF3O2/c1-3-11(12(14,15)16,18-8(2)17)9-4-6-10(13)7-5-9/h1,4-7H,2H3/t11-/m0/s1. The Bertz CT molecular complexity index is 488.